The Hall–Kier alpha value is -3.27. The van der Waals surface area contributed by atoms with Crippen molar-refractivity contribution in [3.05, 3.63) is 39.7 Å². The van der Waals surface area contributed by atoms with Gasteiger partial charge in [0.15, 0.2) is 17.2 Å². The van der Waals surface area contributed by atoms with Gasteiger partial charge in [-0.1, -0.05) is 25.4 Å². The van der Waals surface area contributed by atoms with Crippen LogP contribution in [0.1, 0.15) is 73.3 Å². The Kier molecular flexibility index (Phi) is 9.60. The van der Waals surface area contributed by atoms with Crippen molar-refractivity contribution in [2.24, 2.45) is 13.0 Å². The van der Waals surface area contributed by atoms with E-state index in [0.717, 1.165) is 30.5 Å². The largest absolute Gasteiger partial charge is 0.486 e. The fourth-order valence-electron chi connectivity index (χ4n) is 6.13. The van der Waals surface area contributed by atoms with Crippen molar-refractivity contribution in [2.75, 3.05) is 39.4 Å². The third kappa shape index (κ3) is 6.85. The summed E-state index contributed by atoms with van der Waals surface area (Å²) in [6.45, 7) is 7.25. The van der Waals surface area contributed by atoms with Crippen LogP contribution in [0.15, 0.2) is 12.1 Å². The van der Waals surface area contributed by atoms with Crippen LogP contribution in [0.2, 0.25) is 5.02 Å². The summed E-state index contributed by atoms with van der Waals surface area (Å²) in [6.07, 6.45) is 4.81. The van der Waals surface area contributed by atoms with Crippen LogP contribution >= 0.6 is 11.6 Å². The van der Waals surface area contributed by atoms with E-state index in [4.69, 9.17) is 21.1 Å². The fraction of sp³-hybridized carbons (Fsp3) is 0.613. The lowest BCUT2D eigenvalue weighted by Gasteiger charge is -2.35. The van der Waals surface area contributed by atoms with Crippen LogP contribution in [-0.2, 0) is 35.9 Å². The molecule has 1 atom stereocenters. The van der Waals surface area contributed by atoms with E-state index >= 15 is 0 Å². The van der Waals surface area contributed by atoms with Crippen LogP contribution in [0.25, 0.3) is 0 Å². The van der Waals surface area contributed by atoms with Gasteiger partial charge in [0.1, 0.15) is 13.2 Å². The molecule has 3 heterocycles. The molecule has 228 valence electrons. The molecule has 0 spiro atoms. The molecule has 2 bridgehead atoms. The van der Waals surface area contributed by atoms with Crippen molar-refractivity contribution in [3.8, 4) is 11.5 Å². The number of benzene rings is 1. The summed E-state index contributed by atoms with van der Waals surface area (Å²) >= 11 is 6.51. The molecule has 2 aromatic rings. The zero-order valence-electron chi connectivity index (χ0n) is 24.9. The van der Waals surface area contributed by atoms with Crippen LogP contribution < -0.4 is 14.8 Å². The third-order valence-corrected chi connectivity index (χ3v) is 8.82. The lowest BCUT2D eigenvalue weighted by Crippen LogP contribution is -2.45. The monoisotopic (exact) mass is 599 g/mol. The van der Waals surface area contributed by atoms with Crippen molar-refractivity contribution >= 4 is 29.3 Å². The summed E-state index contributed by atoms with van der Waals surface area (Å²) in [5.41, 5.74) is 3.15. The predicted octanol–water partition coefficient (Wildman–Crippen LogP) is 3.56. The summed E-state index contributed by atoms with van der Waals surface area (Å²) in [7, 11) is 1.88. The number of halogens is 1. The minimum Gasteiger partial charge on any atom is -0.486 e. The van der Waals surface area contributed by atoms with Gasteiger partial charge in [-0.2, -0.15) is 5.10 Å². The quantitative estimate of drug-likeness (QED) is 0.563. The van der Waals surface area contributed by atoms with E-state index < -0.39 is 0 Å². The number of fused-ring (bicyclic) bond motifs is 2. The smallest absolute Gasteiger partial charge is 0.272 e. The van der Waals surface area contributed by atoms with Gasteiger partial charge in [0, 0.05) is 68.0 Å². The number of amides is 3. The number of rotatable bonds is 5. The number of ether oxygens (including phenoxy) is 2. The number of nitrogens with one attached hydrogen (secondary N) is 1. The highest BCUT2D eigenvalue weighted by Crippen LogP contribution is 2.36. The van der Waals surface area contributed by atoms with E-state index in [0.29, 0.717) is 98.8 Å². The van der Waals surface area contributed by atoms with Gasteiger partial charge in [0.25, 0.3) is 5.91 Å². The predicted molar refractivity (Wildman–Crippen MR) is 159 cm³/mol. The first-order valence-corrected chi connectivity index (χ1v) is 15.6. The van der Waals surface area contributed by atoms with Crippen LogP contribution in [0, 0.1) is 5.92 Å². The normalized spacial score (nSPS) is 19.8. The summed E-state index contributed by atoms with van der Waals surface area (Å²) in [4.78, 5) is 44.2. The minimum atomic E-state index is -0.205. The standard InChI is InChI=1S/C31H42ClN5O5/c1-20(2)9-13-37-22-7-8-25-23(18-22)30(34-35(25)3)31(40)33-10-5-12-36(11-4-6-28(37)38)29(39)17-21-16-26-27(19-24(21)32)42-15-14-41-26/h16,19-20,22H,4-15,17-18H2,1-3H3,(H,33,40). The van der Waals surface area contributed by atoms with Crippen LogP contribution in [0.4, 0.5) is 0 Å². The molecule has 2 aliphatic heterocycles. The fourth-order valence-corrected chi connectivity index (χ4v) is 6.35. The highest BCUT2D eigenvalue weighted by Gasteiger charge is 2.33. The first-order chi connectivity index (χ1) is 20.2. The van der Waals surface area contributed by atoms with Crippen molar-refractivity contribution < 1.29 is 23.9 Å². The molecule has 0 radical (unpaired) electrons. The van der Waals surface area contributed by atoms with Gasteiger partial charge in [0.2, 0.25) is 11.8 Å². The molecular formula is C31H42ClN5O5. The molecule has 3 aliphatic rings. The third-order valence-electron chi connectivity index (χ3n) is 8.47. The molecule has 3 amide bonds. The second kappa shape index (κ2) is 13.4. The van der Waals surface area contributed by atoms with Gasteiger partial charge in [-0.3, -0.25) is 19.1 Å². The summed E-state index contributed by atoms with van der Waals surface area (Å²) in [5, 5.41) is 8.04. The number of hydrogen-bond donors (Lipinski definition) is 1. The average molecular weight is 600 g/mol. The van der Waals surface area contributed by atoms with E-state index in [9.17, 15) is 14.4 Å². The van der Waals surface area contributed by atoms with E-state index in [2.05, 4.69) is 24.3 Å². The number of nitrogens with zero attached hydrogens (tertiary/aromatic N) is 4. The Morgan fingerprint density at radius 3 is 2.62 bits per heavy atom. The molecule has 1 aromatic carbocycles. The van der Waals surface area contributed by atoms with Crippen LogP contribution in [-0.4, -0.2) is 82.7 Å². The number of aryl methyl sites for hydroxylation is 1. The first kappa shape index (κ1) is 30.2. The van der Waals surface area contributed by atoms with Crippen LogP contribution in [0.3, 0.4) is 0 Å². The average Bonchev–Trinajstić information content (AvgIpc) is 3.29. The summed E-state index contributed by atoms with van der Waals surface area (Å²) in [5.74, 6) is 1.46. The molecule has 1 unspecified atom stereocenters. The topological polar surface area (TPSA) is 106 Å². The SMILES string of the molecule is CC(C)CCN1C(=O)CCCN(C(=O)Cc2cc3c(cc2Cl)OCCO3)CCCNC(=O)c2nn(C)c3c2CC1CC3. The Labute approximate surface area is 252 Å². The zero-order valence-corrected chi connectivity index (χ0v) is 25.7. The maximum absolute atomic E-state index is 13.7. The van der Waals surface area contributed by atoms with E-state index in [1.165, 1.54) is 0 Å². The second-order valence-electron chi connectivity index (χ2n) is 11.9. The summed E-state index contributed by atoms with van der Waals surface area (Å²) < 4.78 is 13.1. The number of hydrogen-bond acceptors (Lipinski definition) is 6. The number of aromatic nitrogens is 2. The Morgan fingerprint density at radius 2 is 1.86 bits per heavy atom. The van der Waals surface area contributed by atoms with E-state index in [-0.39, 0.29) is 30.2 Å². The van der Waals surface area contributed by atoms with Gasteiger partial charge >= 0.3 is 0 Å². The molecule has 1 N–H and O–H groups in total. The second-order valence-corrected chi connectivity index (χ2v) is 12.3. The number of carbonyl (C=O) groups excluding carboxylic acids is 3. The van der Waals surface area contributed by atoms with Gasteiger partial charge < -0.3 is 24.6 Å². The maximum atomic E-state index is 13.7. The molecule has 42 heavy (non-hydrogen) atoms. The molecule has 0 fully saturated rings. The first-order valence-electron chi connectivity index (χ1n) is 15.2. The lowest BCUT2D eigenvalue weighted by atomic mass is 9.89. The van der Waals surface area contributed by atoms with Crippen molar-refractivity contribution in [3.63, 3.8) is 0 Å². The molecule has 10 nitrogen and oxygen atoms in total. The van der Waals surface area contributed by atoms with Crippen LogP contribution in [0.5, 0.6) is 11.5 Å². The molecular weight excluding hydrogens is 558 g/mol. The van der Waals surface area contributed by atoms with E-state index in [1.807, 2.05) is 16.6 Å². The Morgan fingerprint density at radius 1 is 1.12 bits per heavy atom. The van der Waals surface area contributed by atoms with Crippen molar-refractivity contribution in [1.29, 1.82) is 0 Å². The minimum absolute atomic E-state index is 0.0275. The molecule has 0 saturated heterocycles. The molecule has 1 aromatic heterocycles. The Bertz CT molecular complexity index is 1330. The Balaban J connectivity index is 1.34. The number of carbonyl (C=O) groups is 3. The highest BCUT2D eigenvalue weighted by atomic mass is 35.5. The van der Waals surface area contributed by atoms with E-state index in [1.54, 1.807) is 17.0 Å². The molecule has 5 rings (SSSR count). The van der Waals surface area contributed by atoms with Crippen molar-refractivity contribution in [1.82, 2.24) is 24.9 Å². The van der Waals surface area contributed by atoms with Gasteiger partial charge in [-0.25, -0.2) is 0 Å². The molecule has 1 aliphatic carbocycles. The van der Waals surface area contributed by atoms with Gasteiger partial charge in [-0.05, 0) is 56.1 Å². The maximum Gasteiger partial charge on any atom is 0.272 e. The van der Waals surface area contributed by atoms with Gasteiger partial charge in [0.05, 0.1) is 6.42 Å². The van der Waals surface area contributed by atoms with Crippen molar-refractivity contribution in [2.45, 2.75) is 71.3 Å². The summed E-state index contributed by atoms with van der Waals surface area (Å²) in [6, 6.07) is 3.50. The van der Waals surface area contributed by atoms with Gasteiger partial charge in [-0.15, -0.1) is 0 Å². The lowest BCUT2D eigenvalue weighted by molar-refractivity contribution is -0.135. The molecule has 0 saturated carbocycles. The zero-order chi connectivity index (χ0) is 29.8. The molecule has 11 heteroatoms. The highest BCUT2D eigenvalue weighted by molar-refractivity contribution is 6.31.